The van der Waals surface area contributed by atoms with Gasteiger partial charge in [0.2, 0.25) is 10.0 Å². The molecule has 2 rings (SSSR count). The maximum Gasteiger partial charge on any atom is 0.246 e. The lowest BCUT2D eigenvalue weighted by Crippen LogP contribution is -2.42. The minimum atomic E-state index is -3.78. The van der Waals surface area contributed by atoms with Crippen LogP contribution in [-0.4, -0.2) is 31.4 Å². The molecule has 0 atom stereocenters. The molecule has 0 bridgehead atoms. The average molecular weight is 314 g/mol. The van der Waals surface area contributed by atoms with Crippen LogP contribution in [0.1, 0.15) is 39.2 Å². The second-order valence-electron chi connectivity index (χ2n) is 6.04. The Morgan fingerprint density at radius 1 is 1.38 bits per heavy atom. The minimum Gasteiger partial charge on any atom is -0.313 e. The Hall–Kier alpha value is -0.980. The van der Waals surface area contributed by atoms with Crippen LogP contribution < -0.4 is 5.32 Å². The topological polar surface area (TPSA) is 49.4 Å². The average Bonchev–Trinajstić information content (AvgIpc) is 2.76. The zero-order chi connectivity index (χ0) is 15.7. The molecule has 0 saturated carbocycles. The van der Waals surface area contributed by atoms with Gasteiger partial charge in [0.15, 0.2) is 0 Å². The molecule has 1 N–H and O–H groups in total. The lowest BCUT2D eigenvalue weighted by atomic mass is 10.0. The number of nitrogens with zero attached hydrogens (tertiary/aromatic N) is 1. The van der Waals surface area contributed by atoms with Crippen LogP contribution in [0.15, 0.2) is 23.1 Å². The molecule has 0 radical (unpaired) electrons. The normalized spacial score (nSPS) is 19.0. The Morgan fingerprint density at radius 3 is 2.62 bits per heavy atom. The van der Waals surface area contributed by atoms with E-state index >= 15 is 0 Å². The summed E-state index contributed by atoms with van der Waals surface area (Å²) in [6.07, 6.45) is 1.61. The Kier molecular flexibility index (Phi) is 4.70. The molecule has 1 aromatic carbocycles. The molecule has 1 saturated heterocycles. The van der Waals surface area contributed by atoms with Crippen LogP contribution in [0, 0.1) is 5.82 Å². The van der Waals surface area contributed by atoms with Crippen molar-refractivity contribution in [2.45, 2.75) is 50.6 Å². The van der Waals surface area contributed by atoms with Gasteiger partial charge in [0, 0.05) is 18.6 Å². The summed E-state index contributed by atoms with van der Waals surface area (Å²) in [4.78, 5) is -0.224. The Balaban J connectivity index is 2.33. The van der Waals surface area contributed by atoms with Crippen molar-refractivity contribution in [3.8, 4) is 0 Å². The van der Waals surface area contributed by atoms with Crippen molar-refractivity contribution in [1.29, 1.82) is 0 Å². The van der Waals surface area contributed by atoms with Gasteiger partial charge in [0.05, 0.1) is 0 Å². The SMILES string of the molecule is CCNCc1ccc(S(=O)(=O)N2CCCC2(C)C)c(F)c1. The molecule has 21 heavy (non-hydrogen) atoms. The van der Waals surface area contributed by atoms with Gasteiger partial charge >= 0.3 is 0 Å². The first-order valence-corrected chi connectivity index (χ1v) is 8.75. The molecule has 1 heterocycles. The highest BCUT2D eigenvalue weighted by atomic mass is 32.2. The van der Waals surface area contributed by atoms with E-state index in [2.05, 4.69) is 5.32 Å². The first-order chi connectivity index (χ1) is 9.79. The lowest BCUT2D eigenvalue weighted by Gasteiger charge is -2.30. The van der Waals surface area contributed by atoms with Crippen molar-refractivity contribution in [2.75, 3.05) is 13.1 Å². The van der Waals surface area contributed by atoms with Crippen LogP contribution >= 0.6 is 0 Å². The van der Waals surface area contributed by atoms with E-state index in [-0.39, 0.29) is 4.90 Å². The first kappa shape index (κ1) is 16.4. The first-order valence-electron chi connectivity index (χ1n) is 7.31. The van der Waals surface area contributed by atoms with Crippen LogP contribution in [0.25, 0.3) is 0 Å². The number of nitrogens with one attached hydrogen (secondary N) is 1. The molecule has 4 nitrogen and oxygen atoms in total. The molecule has 1 fully saturated rings. The largest absolute Gasteiger partial charge is 0.313 e. The van der Waals surface area contributed by atoms with Crippen LogP contribution in [-0.2, 0) is 16.6 Å². The summed E-state index contributed by atoms with van der Waals surface area (Å²) in [6, 6.07) is 4.35. The fourth-order valence-electron chi connectivity index (χ4n) is 2.78. The highest BCUT2D eigenvalue weighted by molar-refractivity contribution is 7.89. The quantitative estimate of drug-likeness (QED) is 0.908. The van der Waals surface area contributed by atoms with Gasteiger partial charge in [-0.3, -0.25) is 0 Å². The van der Waals surface area contributed by atoms with Gasteiger partial charge in [-0.1, -0.05) is 13.0 Å². The molecule has 6 heteroatoms. The van der Waals surface area contributed by atoms with Gasteiger partial charge < -0.3 is 5.32 Å². The summed E-state index contributed by atoms with van der Waals surface area (Å²) in [6.45, 7) is 7.50. The highest BCUT2D eigenvalue weighted by Gasteiger charge is 2.41. The molecule has 0 aliphatic carbocycles. The third-order valence-corrected chi connectivity index (χ3v) is 6.11. The second kappa shape index (κ2) is 6.02. The number of rotatable bonds is 5. The van der Waals surface area contributed by atoms with Crippen LogP contribution in [0.4, 0.5) is 4.39 Å². The van der Waals surface area contributed by atoms with E-state index in [1.165, 1.54) is 16.4 Å². The third kappa shape index (κ3) is 3.27. The molecular formula is C15H23FN2O2S. The van der Waals surface area contributed by atoms with Crippen molar-refractivity contribution in [1.82, 2.24) is 9.62 Å². The summed E-state index contributed by atoms with van der Waals surface area (Å²) < 4.78 is 41.0. The van der Waals surface area contributed by atoms with E-state index in [1.807, 2.05) is 20.8 Å². The number of hydrogen-bond donors (Lipinski definition) is 1. The predicted molar refractivity (Wildman–Crippen MR) is 81.0 cm³/mol. The van der Waals surface area contributed by atoms with Crippen LogP contribution in [0.2, 0.25) is 0 Å². The monoisotopic (exact) mass is 314 g/mol. The zero-order valence-corrected chi connectivity index (χ0v) is 13.6. The summed E-state index contributed by atoms with van der Waals surface area (Å²) in [5.74, 6) is -0.673. The molecule has 0 aromatic heterocycles. The number of hydrogen-bond acceptors (Lipinski definition) is 3. The summed E-state index contributed by atoms with van der Waals surface area (Å²) in [5, 5.41) is 3.09. The van der Waals surface area contributed by atoms with E-state index in [1.54, 1.807) is 6.07 Å². The van der Waals surface area contributed by atoms with Crippen molar-refractivity contribution in [3.63, 3.8) is 0 Å². The Bertz CT molecular complexity index is 614. The van der Waals surface area contributed by atoms with Gasteiger partial charge in [-0.2, -0.15) is 4.31 Å². The summed E-state index contributed by atoms with van der Waals surface area (Å²) in [7, 11) is -3.78. The third-order valence-electron chi connectivity index (χ3n) is 3.97. The van der Waals surface area contributed by atoms with E-state index in [4.69, 9.17) is 0 Å². The zero-order valence-electron chi connectivity index (χ0n) is 12.8. The highest BCUT2D eigenvalue weighted by Crippen LogP contribution is 2.34. The van der Waals surface area contributed by atoms with E-state index in [9.17, 15) is 12.8 Å². The van der Waals surface area contributed by atoms with Gasteiger partial charge in [-0.05, 0) is 50.9 Å². The van der Waals surface area contributed by atoms with Crippen molar-refractivity contribution < 1.29 is 12.8 Å². The molecular weight excluding hydrogens is 291 g/mol. The minimum absolute atomic E-state index is 0.224. The number of benzene rings is 1. The molecule has 0 spiro atoms. The van der Waals surface area contributed by atoms with Gasteiger partial charge in [0.1, 0.15) is 10.7 Å². The molecule has 0 amide bonds. The van der Waals surface area contributed by atoms with E-state index < -0.39 is 21.4 Å². The van der Waals surface area contributed by atoms with Crippen molar-refractivity contribution >= 4 is 10.0 Å². The smallest absolute Gasteiger partial charge is 0.246 e. The Labute approximate surface area is 126 Å². The van der Waals surface area contributed by atoms with Crippen LogP contribution in [0.3, 0.4) is 0 Å². The molecule has 1 aliphatic heterocycles. The van der Waals surface area contributed by atoms with Crippen LogP contribution in [0.5, 0.6) is 0 Å². The summed E-state index contributed by atoms with van der Waals surface area (Å²) >= 11 is 0. The lowest BCUT2D eigenvalue weighted by molar-refractivity contribution is 0.290. The van der Waals surface area contributed by atoms with Gasteiger partial charge in [-0.15, -0.1) is 0 Å². The fraction of sp³-hybridized carbons (Fsp3) is 0.600. The van der Waals surface area contributed by atoms with Crippen molar-refractivity contribution in [3.05, 3.63) is 29.6 Å². The number of halogens is 1. The van der Waals surface area contributed by atoms with E-state index in [0.717, 1.165) is 24.9 Å². The predicted octanol–water partition coefficient (Wildman–Crippen LogP) is 2.50. The number of sulfonamides is 1. The molecule has 0 unspecified atom stereocenters. The molecule has 1 aliphatic rings. The van der Waals surface area contributed by atoms with E-state index in [0.29, 0.717) is 13.1 Å². The van der Waals surface area contributed by atoms with Gasteiger partial charge in [-0.25, -0.2) is 12.8 Å². The standard InChI is InChI=1S/C15H23FN2O2S/c1-4-17-11-12-6-7-14(13(16)10-12)21(19,20)18-9-5-8-15(18,2)3/h6-7,10,17H,4-5,8-9,11H2,1-3H3. The molecule has 1 aromatic rings. The second-order valence-corrected chi connectivity index (χ2v) is 7.87. The Morgan fingerprint density at radius 2 is 2.10 bits per heavy atom. The maximum atomic E-state index is 14.2. The van der Waals surface area contributed by atoms with Crippen molar-refractivity contribution in [2.24, 2.45) is 0 Å². The molecule has 118 valence electrons. The summed E-state index contributed by atoms with van der Waals surface area (Å²) in [5.41, 5.74) is 0.294. The van der Waals surface area contributed by atoms with Gasteiger partial charge in [0.25, 0.3) is 0 Å². The fourth-order valence-corrected chi connectivity index (χ4v) is 4.67. The maximum absolute atomic E-state index is 14.2.